The standard InChI is InChI=1S/C22H28N4O2S/c1-24(14-19-5-3-4-8-23-19)12-17-6-7-20-18-9-16(11-26(20)22(17)28)10-25(13-18)21(27)15-29-2/h3-8,16,18H,9-15H2,1-2H3/t16-,18+/m0/s1. The van der Waals surface area contributed by atoms with Crippen molar-refractivity contribution in [2.75, 3.05) is 32.1 Å². The third kappa shape index (κ3) is 4.41. The van der Waals surface area contributed by atoms with Gasteiger partial charge in [-0.3, -0.25) is 19.5 Å². The van der Waals surface area contributed by atoms with Crippen LogP contribution in [0.2, 0.25) is 0 Å². The number of fused-ring (bicyclic) bond motifs is 4. The molecule has 2 aromatic rings. The van der Waals surface area contributed by atoms with E-state index in [1.165, 1.54) is 0 Å². The van der Waals surface area contributed by atoms with Crippen molar-refractivity contribution in [1.29, 1.82) is 0 Å². The molecule has 0 aliphatic carbocycles. The Hall–Kier alpha value is -2.12. The van der Waals surface area contributed by atoms with E-state index < -0.39 is 0 Å². The summed E-state index contributed by atoms with van der Waals surface area (Å²) in [7, 11) is 2.02. The molecule has 0 spiro atoms. The van der Waals surface area contributed by atoms with Crippen LogP contribution >= 0.6 is 11.8 Å². The van der Waals surface area contributed by atoms with Crippen molar-refractivity contribution in [2.24, 2.45) is 5.92 Å². The molecule has 0 N–H and O–H groups in total. The lowest BCUT2D eigenvalue weighted by atomic mass is 9.83. The van der Waals surface area contributed by atoms with Gasteiger partial charge in [0.05, 0.1) is 11.4 Å². The van der Waals surface area contributed by atoms with Gasteiger partial charge < -0.3 is 9.47 Å². The van der Waals surface area contributed by atoms with Crippen LogP contribution in [0.4, 0.5) is 0 Å². The number of pyridine rings is 2. The summed E-state index contributed by atoms with van der Waals surface area (Å²) in [5, 5.41) is 0. The van der Waals surface area contributed by atoms with Crippen molar-refractivity contribution in [3.05, 3.63) is 63.8 Å². The number of piperidine rings is 1. The van der Waals surface area contributed by atoms with E-state index in [9.17, 15) is 9.59 Å². The molecule has 2 atom stereocenters. The number of hydrogen-bond donors (Lipinski definition) is 0. The van der Waals surface area contributed by atoms with Gasteiger partial charge in [0.2, 0.25) is 5.91 Å². The minimum absolute atomic E-state index is 0.119. The quantitative estimate of drug-likeness (QED) is 0.728. The molecule has 154 valence electrons. The zero-order chi connectivity index (χ0) is 20.4. The van der Waals surface area contributed by atoms with E-state index in [1.807, 2.05) is 47.0 Å². The molecule has 4 rings (SSSR count). The molecule has 2 aliphatic heterocycles. The smallest absolute Gasteiger partial charge is 0.255 e. The minimum Gasteiger partial charge on any atom is -0.341 e. The fourth-order valence-electron chi connectivity index (χ4n) is 4.64. The van der Waals surface area contributed by atoms with Crippen LogP contribution in [-0.4, -0.2) is 57.4 Å². The van der Waals surface area contributed by atoms with Crippen molar-refractivity contribution in [1.82, 2.24) is 19.4 Å². The Bertz CT molecular complexity index is 930. The number of carbonyl (C=O) groups is 1. The SMILES string of the molecule is CSCC(=O)N1C[C@@H]2C[C@H](C1)c1ccc(CN(C)Cc3ccccn3)c(=O)n1C2. The first-order valence-corrected chi connectivity index (χ1v) is 11.5. The summed E-state index contributed by atoms with van der Waals surface area (Å²) in [6.45, 7) is 3.52. The topological polar surface area (TPSA) is 58.4 Å². The molecule has 0 radical (unpaired) electrons. The predicted octanol–water partition coefficient (Wildman–Crippen LogP) is 2.18. The molecular weight excluding hydrogens is 384 g/mol. The Morgan fingerprint density at radius 3 is 2.83 bits per heavy atom. The molecule has 1 amide bonds. The van der Waals surface area contributed by atoms with Crippen molar-refractivity contribution < 1.29 is 4.79 Å². The second-order valence-electron chi connectivity index (χ2n) is 8.22. The summed E-state index contributed by atoms with van der Waals surface area (Å²) in [5.41, 5.74) is 3.03. The summed E-state index contributed by atoms with van der Waals surface area (Å²) in [5.74, 6) is 1.39. The number of hydrogen-bond acceptors (Lipinski definition) is 5. The largest absolute Gasteiger partial charge is 0.341 e. The van der Waals surface area contributed by atoms with Crippen LogP contribution < -0.4 is 5.56 Å². The lowest BCUT2D eigenvalue weighted by molar-refractivity contribution is -0.131. The Kier molecular flexibility index (Phi) is 6.06. The monoisotopic (exact) mass is 412 g/mol. The van der Waals surface area contributed by atoms with Crippen LogP contribution in [0.3, 0.4) is 0 Å². The van der Waals surface area contributed by atoms with Crippen molar-refractivity contribution in [3.8, 4) is 0 Å². The number of amides is 1. The highest BCUT2D eigenvalue weighted by Crippen LogP contribution is 2.35. The van der Waals surface area contributed by atoms with E-state index in [2.05, 4.69) is 16.0 Å². The van der Waals surface area contributed by atoms with Crippen LogP contribution in [0, 0.1) is 5.92 Å². The van der Waals surface area contributed by atoms with E-state index in [0.717, 1.165) is 36.5 Å². The fourth-order valence-corrected chi connectivity index (χ4v) is 5.07. The maximum Gasteiger partial charge on any atom is 0.255 e. The van der Waals surface area contributed by atoms with Gasteiger partial charge in [-0.2, -0.15) is 11.8 Å². The lowest BCUT2D eigenvalue weighted by Gasteiger charge is -2.43. The molecule has 2 aliphatic rings. The summed E-state index contributed by atoms with van der Waals surface area (Å²) in [4.78, 5) is 34.0. The normalized spacial score (nSPS) is 20.6. The molecule has 1 saturated heterocycles. The van der Waals surface area contributed by atoms with Gasteiger partial charge in [0.25, 0.3) is 5.56 Å². The summed E-state index contributed by atoms with van der Waals surface area (Å²) >= 11 is 1.57. The summed E-state index contributed by atoms with van der Waals surface area (Å²) in [6.07, 6.45) is 4.83. The zero-order valence-electron chi connectivity index (χ0n) is 17.1. The van der Waals surface area contributed by atoms with Crippen molar-refractivity contribution >= 4 is 17.7 Å². The van der Waals surface area contributed by atoms with Crippen LogP contribution in [0.1, 0.15) is 29.3 Å². The van der Waals surface area contributed by atoms with E-state index in [-0.39, 0.29) is 17.4 Å². The Morgan fingerprint density at radius 1 is 1.21 bits per heavy atom. The highest BCUT2D eigenvalue weighted by Gasteiger charge is 2.36. The van der Waals surface area contributed by atoms with Crippen LogP contribution in [0.5, 0.6) is 0 Å². The fraction of sp³-hybridized carbons (Fsp3) is 0.500. The lowest BCUT2D eigenvalue weighted by Crippen LogP contribution is -2.50. The average Bonchev–Trinajstić information content (AvgIpc) is 2.71. The first-order chi connectivity index (χ1) is 14.0. The third-order valence-electron chi connectivity index (χ3n) is 5.90. The molecule has 0 saturated carbocycles. The van der Waals surface area contributed by atoms with E-state index in [4.69, 9.17) is 0 Å². The number of rotatable bonds is 6. The molecule has 2 bridgehead atoms. The molecule has 7 heteroatoms. The van der Waals surface area contributed by atoms with E-state index in [1.54, 1.807) is 18.0 Å². The van der Waals surface area contributed by atoms with Gasteiger partial charge in [0.1, 0.15) is 0 Å². The van der Waals surface area contributed by atoms with Crippen molar-refractivity contribution in [3.63, 3.8) is 0 Å². The Morgan fingerprint density at radius 2 is 2.07 bits per heavy atom. The maximum atomic E-state index is 13.2. The van der Waals surface area contributed by atoms with Gasteiger partial charge in [-0.25, -0.2) is 0 Å². The van der Waals surface area contributed by atoms with Gasteiger partial charge in [0, 0.05) is 56.1 Å². The number of aromatic nitrogens is 2. The zero-order valence-corrected chi connectivity index (χ0v) is 17.9. The molecular formula is C22H28N4O2S. The van der Waals surface area contributed by atoms with Gasteiger partial charge in [0.15, 0.2) is 0 Å². The van der Waals surface area contributed by atoms with Gasteiger partial charge in [-0.1, -0.05) is 12.1 Å². The second kappa shape index (κ2) is 8.71. The van der Waals surface area contributed by atoms with E-state index in [0.29, 0.717) is 31.3 Å². The Balaban J connectivity index is 1.50. The molecule has 4 heterocycles. The predicted molar refractivity (Wildman–Crippen MR) is 116 cm³/mol. The number of nitrogens with zero attached hydrogens (tertiary/aromatic N) is 4. The molecule has 0 aromatic carbocycles. The molecule has 6 nitrogen and oxygen atoms in total. The first-order valence-electron chi connectivity index (χ1n) is 10.1. The highest BCUT2D eigenvalue weighted by molar-refractivity contribution is 7.99. The van der Waals surface area contributed by atoms with Gasteiger partial charge in [-0.05, 0) is 43.8 Å². The number of thioether (sulfide) groups is 1. The summed E-state index contributed by atoms with van der Waals surface area (Å²) < 4.78 is 1.97. The minimum atomic E-state index is 0.119. The average molecular weight is 413 g/mol. The second-order valence-corrected chi connectivity index (χ2v) is 9.09. The highest BCUT2D eigenvalue weighted by atomic mass is 32.2. The van der Waals surface area contributed by atoms with Crippen LogP contribution in [-0.2, 0) is 24.4 Å². The van der Waals surface area contributed by atoms with Crippen LogP contribution in [0.25, 0.3) is 0 Å². The summed E-state index contributed by atoms with van der Waals surface area (Å²) in [6, 6.07) is 9.98. The molecule has 1 fully saturated rings. The molecule has 29 heavy (non-hydrogen) atoms. The molecule has 0 unspecified atom stereocenters. The van der Waals surface area contributed by atoms with Gasteiger partial charge in [-0.15, -0.1) is 0 Å². The third-order valence-corrected chi connectivity index (χ3v) is 6.44. The van der Waals surface area contributed by atoms with Crippen LogP contribution in [0.15, 0.2) is 41.3 Å². The maximum absolute atomic E-state index is 13.2. The van der Waals surface area contributed by atoms with Gasteiger partial charge >= 0.3 is 0 Å². The van der Waals surface area contributed by atoms with Crippen molar-refractivity contribution in [2.45, 2.75) is 32.0 Å². The van der Waals surface area contributed by atoms with E-state index >= 15 is 0 Å². The Labute approximate surface area is 175 Å². The first kappa shape index (κ1) is 20.2. The number of carbonyl (C=O) groups excluding carboxylic acids is 1. The molecule has 2 aromatic heterocycles. The number of likely N-dealkylation sites (tertiary alicyclic amines) is 1.